The molecule has 4 rings (SSSR count). The Morgan fingerprint density at radius 2 is 2.14 bits per heavy atom. The molecule has 140 valence electrons. The van der Waals surface area contributed by atoms with E-state index in [4.69, 9.17) is 4.42 Å². The first kappa shape index (κ1) is 21.2. The number of hydrogen-bond donors (Lipinski definition) is 1. The molecule has 2 amide bonds. The van der Waals surface area contributed by atoms with Crippen LogP contribution in [0.4, 0.5) is 0 Å². The molecule has 1 saturated heterocycles. The number of β-lactam (4-membered cyclic amide) rings is 1. The standard InChI is InChI=1S/C18H16N2O5S2.Na/c1-9-4-5-12(25-9)11-8-27-17-14(16(22)20(17)15(11)18(23)24)19-13(21)7-10-3-2-6-26-10;/h2-6,14,17H,7-8H2,1H3,(H,19,21)(H,23,24);/q;+1/p-1/t14-,17-;/m1./s1. The average molecular weight is 426 g/mol. The predicted molar refractivity (Wildman–Crippen MR) is 98.4 cm³/mol. The Bertz CT molecular complexity index is 953. The van der Waals surface area contributed by atoms with Crippen LogP contribution in [0.15, 0.2) is 39.8 Å². The topological polar surface area (TPSA) is 103 Å². The van der Waals surface area contributed by atoms with E-state index in [2.05, 4.69) is 5.32 Å². The maximum atomic E-state index is 12.6. The minimum Gasteiger partial charge on any atom is -0.543 e. The first-order chi connectivity index (χ1) is 13.0. The monoisotopic (exact) mass is 426 g/mol. The first-order valence-corrected chi connectivity index (χ1v) is 10.2. The summed E-state index contributed by atoms with van der Waals surface area (Å²) in [6, 6.07) is 6.38. The number of hydrogen-bond acceptors (Lipinski definition) is 7. The molecule has 0 unspecified atom stereocenters. The first-order valence-electron chi connectivity index (χ1n) is 8.23. The van der Waals surface area contributed by atoms with Crippen molar-refractivity contribution in [2.24, 2.45) is 0 Å². The summed E-state index contributed by atoms with van der Waals surface area (Å²) in [7, 11) is 0. The molecule has 1 N–H and O–H groups in total. The zero-order chi connectivity index (χ0) is 19.1. The molecule has 0 bridgehead atoms. The van der Waals surface area contributed by atoms with Crippen molar-refractivity contribution in [3.63, 3.8) is 0 Å². The van der Waals surface area contributed by atoms with Crippen molar-refractivity contribution in [3.05, 3.63) is 51.7 Å². The Labute approximate surface area is 191 Å². The van der Waals surface area contributed by atoms with E-state index in [-0.39, 0.29) is 47.6 Å². The van der Waals surface area contributed by atoms with Crippen LogP contribution >= 0.6 is 23.1 Å². The van der Waals surface area contributed by atoms with E-state index in [0.29, 0.717) is 22.8 Å². The summed E-state index contributed by atoms with van der Waals surface area (Å²) in [5.41, 5.74) is 0.239. The number of rotatable bonds is 5. The van der Waals surface area contributed by atoms with Crippen molar-refractivity contribution in [1.82, 2.24) is 10.2 Å². The Hall–Kier alpha value is -1.52. The van der Waals surface area contributed by atoms with Crippen LogP contribution in [0, 0.1) is 6.92 Å². The summed E-state index contributed by atoms with van der Waals surface area (Å²) in [4.78, 5) is 38.6. The number of thioether (sulfide) groups is 1. The molecule has 2 aromatic heterocycles. The molecule has 10 heteroatoms. The molecule has 1 fully saturated rings. The second-order valence-electron chi connectivity index (χ2n) is 6.24. The van der Waals surface area contributed by atoms with Gasteiger partial charge >= 0.3 is 29.6 Å². The summed E-state index contributed by atoms with van der Waals surface area (Å²) in [5, 5.41) is 15.9. The van der Waals surface area contributed by atoms with Gasteiger partial charge in [-0.25, -0.2) is 0 Å². The second kappa shape index (κ2) is 8.46. The number of carbonyl (C=O) groups is 3. The maximum Gasteiger partial charge on any atom is 1.00 e. The van der Waals surface area contributed by atoms with Gasteiger partial charge in [0.1, 0.15) is 22.9 Å². The Morgan fingerprint density at radius 1 is 1.36 bits per heavy atom. The number of nitrogens with one attached hydrogen (secondary N) is 1. The number of thiophene rings is 1. The molecule has 0 aliphatic carbocycles. The number of nitrogens with zero attached hydrogens (tertiary/aromatic N) is 1. The zero-order valence-electron chi connectivity index (χ0n) is 15.3. The van der Waals surface area contributed by atoms with Crippen molar-refractivity contribution >= 4 is 46.5 Å². The molecule has 2 aromatic rings. The largest absolute Gasteiger partial charge is 1.00 e. The molecule has 7 nitrogen and oxygen atoms in total. The fourth-order valence-electron chi connectivity index (χ4n) is 3.19. The van der Waals surface area contributed by atoms with Crippen LogP contribution in [0.25, 0.3) is 5.57 Å². The molecule has 0 aromatic carbocycles. The molecular formula is C18H15N2NaO5S2. The van der Waals surface area contributed by atoms with Crippen LogP contribution in [-0.2, 0) is 20.8 Å². The van der Waals surface area contributed by atoms with E-state index in [0.717, 1.165) is 4.88 Å². The quantitative estimate of drug-likeness (QED) is 0.428. The van der Waals surface area contributed by atoms with Crippen LogP contribution in [-0.4, -0.2) is 39.9 Å². The third-order valence-corrected chi connectivity index (χ3v) is 6.59. The van der Waals surface area contributed by atoms with E-state index in [1.165, 1.54) is 28.0 Å². The average Bonchev–Trinajstić information content (AvgIpc) is 3.29. The number of carbonyl (C=O) groups excluding carboxylic acids is 3. The number of carboxylic acids is 1. The molecule has 2 aliphatic rings. The molecule has 2 aliphatic heterocycles. The van der Waals surface area contributed by atoms with E-state index < -0.39 is 23.3 Å². The smallest absolute Gasteiger partial charge is 0.543 e. The molecule has 28 heavy (non-hydrogen) atoms. The fraction of sp³-hybridized carbons (Fsp3) is 0.278. The molecule has 0 saturated carbocycles. The van der Waals surface area contributed by atoms with Gasteiger partial charge in [-0.15, -0.1) is 23.1 Å². The Balaban J connectivity index is 0.00000225. The third kappa shape index (κ3) is 3.81. The summed E-state index contributed by atoms with van der Waals surface area (Å²) < 4.78 is 5.53. The van der Waals surface area contributed by atoms with Gasteiger partial charge in [0, 0.05) is 16.2 Å². The van der Waals surface area contributed by atoms with Gasteiger partial charge in [-0.05, 0) is 30.5 Å². The van der Waals surface area contributed by atoms with Crippen LogP contribution in [0.5, 0.6) is 0 Å². The number of aryl methyl sites for hydroxylation is 1. The molecule has 2 atom stereocenters. The molecule has 0 radical (unpaired) electrons. The van der Waals surface area contributed by atoms with Crippen molar-refractivity contribution in [2.75, 3.05) is 5.75 Å². The van der Waals surface area contributed by atoms with Gasteiger partial charge in [0.25, 0.3) is 5.91 Å². The number of carboxylic acid groups (broad SMARTS) is 1. The normalized spacial score (nSPS) is 20.9. The van der Waals surface area contributed by atoms with Crippen LogP contribution < -0.4 is 40.0 Å². The Kier molecular flexibility index (Phi) is 6.41. The fourth-order valence-corrected chi connectivity index (χ4v) is 5.24. The summed E-state index contributed by atoms with van der Waals surface area (Å²) >= 11 is 2.86. The van der Waals surface area contributed by atoms with Crippen LogP contribution in [0.1, 0.15) is 16.4 Å². The SMILES string of the molecule is Cc1ccc(C2=C(C(=O)[O-])N3C(=O)[C@@H](NC(=O)Cc4cccs4)[C@H]3SC2)o1.[Na+]. The summed E-state index contributed by atoms with van der Waals surface area (Å²) in [6.45, 7) is 1.76. The van der Waals surface area contributed by atoms with E-state index in [1.54, 1.807) is 19.1 Å². The van der Waals surface area contributed by atoms with Gasteiger partial charge in [-0.2, -0.15) is 0 Å². The van der Waals surface area contributed by atoms with Gasteiger partial charge < -0.3 is 19.6 Å². The predicted octanol–water partition coefficient (Wildman–Crippen LogP) is -2.24. The van der Waals surface area contributed by atoms with Gasteiger partial charge in [-0.3, -0.25) is 14.5 Å². The molecular weight excluding hydrogens is 411 g/mol. The van der Waals surface area contributed by atoms with Crippen LogP contribution in [0.2, 0.25) is 0 Å². The van der Waals surface area contributed by atoms with Crippen molar-refractivity contribution in [1.29, 1.82) is 0 Å². The van der Waals surface area contributed by atoms with Gasteiger partial charge in [0.15, 0.2) is 0 Å². The van der Waals surface area contributed by atoms with E-state index >= 15 is 0 Å². The number of furan rings is 1. The maximum absolute atomic E-state index is 12.6. The number of amides is 2. The summed E-state index contributed by atoms with van der Waals surface area (Å²) in [5.74, 6) is -0.732. The van der Waals surface area contributed by atoms with Crippen molar-refractivity contribution in [3.8, 4) is 0 Å². The van der Waals surface area contributed by atoms with Gasteiger partial charge in [-0.1, -0.05) is 6.07 Å². The Morgan fingerprint density at radius 3 is 2.75 bits per heavy atom. The van der Waals surface area contributed by atoms with Gasteiger partial charge in [0.05, 0.1) is 18.1 Å². The zero-order valence-corrected chi connectivity index (χ0v) is 18.9. The minimum absolute atomic E-state index is 0. The number of fused-ring (bicyclic) bond motifs is 1. The van der Waals surface area contributed by atoms with E-state index in [1.807, 2.05) is 17.5 Å². The minimum atomic E-state index is -1.43. The van der Waals surface area contributed by atoms with Crippen LogP contribution in [0.3, 0.4) is 0 Å². The van der Waals surface area contributed by atoms with Crippen molar-refractivity contribution in [2.45, 2.75) is 24.8 Å². The second-order valence-corrected chi connectivity index (χ2v) is 8.37. The molecule has 0 spiro atoms. The third-order valence-electron chi connectivity index (χ3n) is 4.43. The summed E-state index contributed by atoms with van der Waals surface area (Å²) in [6.07, 6.45) is 0.193. The van der Waals surface area contributed by atoms with Crippen molar-refractivity contribution < 1.29 is 53.5 Å². The van der Waals surface area contributed by atoms with Gasteiger partial charge in [0.2, 0.25) is 5.91 Å². The molecule has 4 heterocycles. The van der Waals surface area contributed by atoms with E-state index in [9.17, 15) is 19.5 Å². The number of aliphatic carboxylic acids is 1.